The number of Topliss-reactive ketones (excluding diaryl/α,β-unsaturated/α-hetero) is 1. The van der Waals surface area contributed by atoms with E-state index < -0.39 is 16.4 Å². The molecule has 0 bridgehead atoms. The molecule has 0 amide bonds. The number of nitro groups is 1. The fourth-order valence-electron chi connectivity index (χ4n) is 1.04. The second kappa shape index (κ2) is 5.65. The molecule has 90 valence electrons. The number of ketones is 1. The lowest BCUT2D eigenvalue weighted by molar-refractivity contribution is -0.418. The van der Waals surface area contributed by atoms with Crippen LogP contribution in [0.5, 0.6) is 0 Å². The molecule has 5 nitrogen and oxygen atoms in total. The van der Waals surface area contributed by atoms with Gasteiger partial charge in [0.25, 0.3) is 0 Å². The van der Waals surface area contributed by atoms with Gasteiger partial charge in [-0.15, -0.1) is 0 Å². The lowest BCUT2D eigenvalue weighted by atomic mass is 10.3. The fourth-order valence-corrected chi connectivity index (χ4v) is 1.50. The van der Waals surface area contributed by atoms with Gasteiger partial charge in [-0.2, -0.15) is 0 Å². The number of carbonyl (C=O) groups excluding carboxylic acids is 1. The first-order valence-corrected chi connectivity index (χ1v) is 5.24. The van der Waals surface area contributed by atoms with Crippen molar-refractivity contribution in [3.8, 4) is 0 Å². The minimum absolute atomic E-state index is 0.306. The van der Waals surface area contributed by atoms with Crippen LogP contribution in [0.1, 0.15) is 6.92 Å². The third kappa shape index (κ3) is 3.72. The highest BCUT2D eigenvalue weighted by atomic mass is 35.5. The summed E-state index contributed by atoms with van der Waals surface area (Å²) in [6, 6.07) is 4.61. The van der Waals surface area contributed by atoms with Crippen LogP contribution in [0.2, 0.25) is 10.0 Å². The van der Waals surface area contributed by atoms with E-state index in [-0.39, 0.29) is 0 Å². The molecule has 0 heterocycles. The Kier molecular flexibility index (Phi) is 4.48. The summed E-state index contributed by atoms with van der Waals surface area (Å²) in [5.74, 6) is -0.646. The molecule has 7 heteroatoms. The number of carbonyl (C=O) groups is 1. The zero-order valence-corrected chi connectivity index (χ0v) is 10.2. The van der Waals surface area contributed by atoms with Gasteiger partial charge >= 0.3 is 5.70 Å². The lowest BCUT2D eigenvalue weighted by Gasteiger charge is -2.03. The summed E-state index contributed by atoms with van der Waals surface area (Å²) in [5.41, 5.74) is -0.118. The standard InChI is InChI=1S/C10H8Cl2N2O3/c1-6(15)10(14(16)17)5-13-9-3-2-7(11)4-8(9)12/h2-5,13H,1H3/b10-5+. The molecule has 0 aliphatic rings. The molecular formula is C10H8Cl2N2O3. The monoisotopic (exact) mass is 274 g/mol. The summed E-state index contributed by atoms with van der Waals surface area (Å²) >= 11 is 11.5. The first kappa shape index (κ1) is 13.5. The normalized spacial score (nSPS) is 11.1. The highest BCUT2D eigenvalue weighted by Gasteiger charge is 2.16. The topological polar surface area (TPSA) is 72.2 Å². The summed E-state index contributed by atoms with van der Waals surface area (Å²) in [5, 5.41) is 13.9. The van der Waals surface area contributed by atoms with Crippen molar-refractivity contribution < 1.29 is 9.72 Å². The largest absolute Gasteiger partial charge is 0.355 e. The summed E-state index contributed by atoms with van der Waals surface area (Å²) in [6.45, 7) is 1.11. The second-order valence-electron chi connectivity index (χ2n) is 3.11. The van der Waals surface area contributed by atoms with Crippen LogP contribution in [-0.2, 0) is 4.79 Å². The minimum atomic E-state index is -0.765. The molecule has 1 N–H and O–H groups in total. The van der Waals surface area contributed by atoms with Gasteiger partial charge in [0.15, 0.2) is 0 Å². The zero-order chi connectivity index (χ0) is 13.0. The van der Waals surface area contributed by atoms with Crippen molar-refractivity contribution in [3.63, 3.8) is 0 Å². The average Bonchev–Trinajstić information content (AvgIpc) is 2.20. The van der Waals surface area contributed by atoms with Crippen LogP contribution in [0.15, 0.2) is 30.1 Å². The maximum Gasteiger partial charge on any atom is 0.327 e. The molecule has 0 unspecified atom stereocenters. The van der Waals surface area contributed by atoms with Gasteiger partial charge in [0.05, 0.1) is 21.8 Å². The summed E-state index contributed by atoms with van der Waals surface area (Å²) < 4.78 is 0. The Morgan fingerprint density at radius 3 is 2.59 bits per heavy atom. The second-order valence-corrected chi connectivity index (χ2v) is 3.96. The predicted octanol–water partition coefficient (Wildman–Crippen LogP) is 3.11. The van der Waals surface area contributed by atoms with Crippen molar-refractivity contribution in [3.05, 3.63) is 50.3 Å². The van der Waals surface area contributed by atoms with Crippen molar-refractivity contribution in [1.29, 1.82) is 0 Å². The van der Waals surface area contributed by atoms with Crippen molar-refractivity contribution in [2.45, 2.75) is 6.92 Å². The molecule has 1 aromatic rings. The van der Waals surface area contributed by atoms with E-state index in [9.17, 15) is 14.9 Å². The van der Waals surface area contributed by atoms with Crippen LogP contribution < -0.4 is 5.32 Å². The van der Waals surface area contributed by atoms with Gasteiger partial charge in [0.2, 0.25) is 5.78 Å². The number of hydrogen-bond donors (Lipinski definition) is 1. The number of allylic oxidation sites excluding steroid dienone is 1. The molecule has 17 heavy (non-hydrogen) atoms. The number of anilines is 1. The first-order chi connectivity index (χ1) is 7.91. The fraction of sp³-hybridized carbons (Fsp3) is 0.100. The number of nitrogens with zero attached hydrogens (tertiary/aromatic N) is 1. The Balaban J connectivity index is 2.95. The molecule has 0 aliphatic heterocycles. The Morgan fingerprint density at radius 2 is 2.12 bits per heavy atom. The molecule has 0 spiro atoms. The maximum absolute atomic E-state index is 10.9. The van der Waals surface area contributed by atoms with Crippen LogP contribution >= 0.6 is 23.2 Å². The number of nitrogens with one attached hydrogen (secondary N) is 1. The van der Waals surface area contributed by atoms with Crippen LogP contribution in [0.3, 0.4) is 0 Å². The third-order valence-corrected chi connectivity index (χ3v) is 2.40. The Hall–Kier alpha value is -1.59. The zero-order valence-electron chi connectivity index (χ0n) is 8.74. The van der Waals surface area contributed by atoms with E-state index in [1.807, 2.05) is 0 Å². The van der Waals surface area contributed by atoms with Gasteiger partial charge in [0, 0.05) is 11.9 Å². The van der Waals surface area contributed by atoms with Gasteiger partial charge in [-0.1, -0.05) is 23.2 Å². The van der Waals surface area contributed by atoms with Gasteiger partial charge in [-0.25, -0.2) is 0 Å². The van der Waals surface area contributed by atoms with E-state index in [4.69, 9.17) is 23.2 Å². The van der Waals surface area contributed by atoms with Crippen molar-refractivity contribution in [2.75, 3.05) is 5.32 Å². The van der Waals surface area contributed by atoms with Gasteiger partial charge < -0.3 is 5.32 Å². The molecule has 0 radical (unpaired) electrons. The molecule has 0 aliphatic carbocycles. The maximum atomic E-state index is 10.9. The molecule has 0 fully saturated rings. The van der Waals surface area contributed by atoms with E-state index in [0.717, 1.165) is 13.1 Å². The number of benzene rings is 1. The summed E-state index contributed by atoms with van der Waals surface area (Å²) in [4.78, 5) is 20.7. The van der Waals surface area contributed by atoms with E-state index in [1.54, 1.807) is 12.1 Å². The molecule has 0 atom stereocenters. The quantitative estimate of drug-likeness (QED) is 0.520. The van der Waals surface area contributed by atoms with E-state index in [0.29, 0.717) is 15.7 Å². The van der Waals surface area contributed by atoms with Crippen molar-refractivity contribution in [2.24, 2.45) is 0 Å². The molecule has 0 saturated carbocycles. The Labute approximate surface area is 107 Å². The van der Waals surface area contributed by atoms with Gasteiger partial charge in [-0.3, -0.25) is 14.9 Å². The van der Waals surface area contributed by atoms with Crippen LogP contribution in [-0.4, -0.2) is 10.7 Å². The molecule has 0 saturated heterocycles. The van der Waals surface area contributed by atoms with Crippen LogP contribution in [0.4, 0.5) is 5.69 Å². The summed E-state index contributed by atoms with van der Waals surface area (Å²) in [6.07, 6.45) is 0.997. The van der Waals surface area contributed by atoms with E-state index >= 15 is 0 Å². The Bertz CT molecular complexity index is 484. The first-order valence-electron chi connectivity index (χ1n) is 4.49. The van der Waals surface area contributed by atoms with E-state index in [2.05, 4.69) is 5.32 Å². The van der Waals surface area contributed by atoms with Gasteiger partial charge in [-0.05, 0) is 18.2 Å². The molecular weight excluding hydrogens is 267 g/mol. The smallest absolute Gasteiger partial charge is 0.327 e. The molecule has 1 aromatic carbocycles. The lowest BCUT2D eigenvalue weighted by Crippen LogP contribution is -2.09. The minimum Gasteiger partial charge on any atom is -0.355 e. The summed E-state index contributed by atoms with van der Waals surface area (Å²) in [7, 11) is 0. The highest BCUT2D eigenvalue weighted by Crippen LogP contribution is 2.25. The SMILES string of the molecule is CC(=O)/C(=C\Nc1ccc(Cl)cc1Cl)[N+](=O)[O-]. The van der Waals surface area contributed by atoms with Crippen LogP contribution in [0, 0.1) is 10.1 Å². The highest BCUT2D eigenvalue weighted by molar-refractivity contribution is 6.36. The number of rotatable bonds is 4. The van der Waals surface area contributed by atoms with Crippen LogP contribution in [0.25, 0.3) is 0 Å². The average molecular weight is 275 g/mol. The van der Waals surface area contributed by atoms with Crippen molar-refractivity contribution >= 4 is 34.7 Å². The molecule has 1 rings (SSSR count). The third-order valence-electron chi connectivity index (χ3n) is 1.85. The van der Waals surface area contributed by atoms with Gasteiger partial charge in [0.1, 0.15) is 0 Å². The number of hydrogen-bond acceptors (Lipinski definition) is 4. The molecule has 0 aromatic heterocycles. The predicted molar refractivity (Wildman–Crippen MR) is 65.8 cm³/mol. The Morgan fingerprint density at radius 1 is 1.47 bits per heavy atom. The van der Waals surface area contributed by atoms with Crippen molar-refractivity contribution in [1.82, 2.24) is 0 Å². The van der Waals surface area contributed by atoms with E-state index in [1.165, 1.54) is 6.07 Å². The number of halogens is 2.